The van der Waals surface area contributed by atoms with Crippen molar-refractivity contribution in [1.29, 1.82) is 0 Å². The fourth-order valence-corrected chi connectivity index (χ4v) is 1.58. The highest BCUT2D eigenvalue weighted by molar-refractivity contribution is 5.75. The van der Waals surface area contributed by atoms with Crippen LogP contribution in [-0.4, -0.2) is 30.8 Å². The first kappa shape index (κ1) is 16.2. The molecule has 2 N–H and O–H groups in total. The van der Waals surface area contributed by atoms with E-state index in [2.05, 4.69) is 17.2 Å². The van der Waals surface area contributed by atoms with E-state index in [1.165, 1.54) is 0 Å². The number of carbonyl (C=O) groups is 1. The number of aliphatic hydroxyl groups is 1. The third-order valence-corrected chi connectivity index (χ3v) is 2.56. The Bertz CT molecular complexity index is 474. The fraction of sp³-hybridized carbons (Fsp3) is 0.438. The molecule has 0 saturated heterocycles. The number of carbonyl (C=O) groups excluding carboxylic acids is 1. The summed E-state index contributed by atoms with van der Waals surface area (Å²) in [7, 11) is 0. The number of hydrogen-bond donors (Lipinski definition) is 2. The van der Waals surface area contributed by atoms with Gasteiger partial charge in [0, 0.05) is 31.6 Å². The molecule has 0 atom stereocenters. The Morgan fingerprint density at radius 1 is 1.45 bits per heavy atom. The van der Waals surface area contributed by atoms with Crippen LogP contribution in [0, 0.1) is 11.8 Å². The number of benzene rings is 1. The predicted octanol–water partition coefficient (Wildman–Crippen LogP) is 1.46. The molecule has 20 heavy (non-hydrogen) atoms. The summed E-state index contributed by atoms with van der Waals surface area (Å²) in [4.78, 5) is 11.5. The van der Waals surface area contributed by atoms with Crippen LogP contribution in [0.4, 0.5) is 0 Å². The minimum absolute atomic E-state index is 0.0183. The molecule has 0 fully saturated rings. The lowest BCUT2D eigenvalue weighted by Crippen LogP contribution is -2.23. The molecule has 0 saturated carbocycles. The van der Waals surface area contributed by atoms with Gasteiger partial charge in [-0.3, -0.25) is 4.79 Å². The van der Waals surface area contributed by atoms with Crippen LogP contribution in [0.15, 0.2) is 24.3 Å². The molecule has 0 radical (unpaired) electrons. The Morgan fingerprint density at radius 2 is 2.30 bits per heavy atom. The van der Waals surface area contributed by atoms with Crippen LogP contribution in [0.3, 0.4) is 0 Å². The Morgan fingerprint density at radius 3 is 3.05 bits per heavy atom. The Balaban J connectivity index is 2.42. The van der Waals surface area contributed by atoms with E-state index in [4.69, 9.17) is 9.84 Å². The summed E-state index contributed by atoms with van der Waals surface area (Å²) in [6.07, 6.45) is 0.849. The number of nitrogens with one attached hydrogen (secondary N) is 1. The zero-order chi connectivity index (χ0) is 14.6. The molecule has 0 spiro atoms. The fourth-order valence-electron chi connectivity index (χ4n) is 1.58. The van der Waals surface area contributed by atoms with Crippen LogP contribution < -0.4 is 5.32 Å². The summed E-state index contributed by atoms with van der Waals surface area (Å²) < 4.78 is 5.13. The lowest BCUT2D eigenvalue weighted by atomic mass is 10.1. The molecule has 0 aliphatic heterocycles. The van der Waals surface area contributed by atoms with Crippen molar-refractivity contribution in [3.05, 3.63) is 35.4 Å². The van der Waals surface area contributed by atoms with Crippen molar-refractivity contribution in [2.45, 2.75) is 26.3 Å². The van der Waals surface area contributed by atoms with Gasteiger partial charge in [0.05, 0.1) is 13.2 Å². The van der Waals surface area contributed by atoms with Gasteiger partial charge in [0.25, 0.3) is 0 Å². The molecule has 1 aromatic rings. The standard InChI is InChI=1S/C16H21NO3/c1-2-20-11-9-16(19)17-13-15-8-5-7-14(12-15)6-3-4-10-18/h5,7-8,12,18H,2,4,9-11,13H2,1H3,(H,17,19). The highest BCUT2D eigenvalue weighted by Gasteiger charge is 2.01. The topological polar surface area (TPSA) is 58.6 Å². The molecule has 4 nitrogen and oxygen atoms in total. The summed E-state index contributed by atoms with van der Waals surface area (Å²) in [6, 6.07) is 7.70. The molecule has 1 amide bonds. The summed E-state index contributed by atoms with van der Waals surface area (Å²) in [5.41, 5.74) is 1.89. The zero-order valence-corrected chi connectivity index (χ0v) is 11.8. The van der Waals surface area contributed by atoms with Crippen LogP contribution in [-0.2, 0) is 16.1 Å². The van der Waals surface area contributed by atoms with E-state index in [1.54, 1.807) is 0 Å². The van der Waals surface area contributed by atoms with Crippen LogP contribution in [0.1, 0.15) is 30.9 Å². The van der Waals surface area contributed by atoms with E-state index in [1.807, 2.05) is 31.2 Å². The third-order valence-electron chi connectivity index (χ3n) is 2.56. The summed E-state index contributed by atoms with van der Waals surface area (Å²) >= 11 is 0. The van der Waals surface area contributed by atoms with Crippen molar-refractivity contribution >= 4 is 5.91 Å². The van der Waals surface area contributed by atoms with Gasteiger partial charge in [0.15, 0.2) is 0 Å². The van der Waals surface area contributed by atoms with Crippen LogP contribution in [0.5, 0.6) is 0 Å². The van der Waals surface area contributed by atoms with Gasteiger partial charge in [-0.15, -0.1) is 0 Å². The molecule has 1 aromatic carbocycles. The van der Waals surface area contributed by atoms with Crippen molar-refractivity contribution in [3.63, 3.8) is 0 Å². The zero-order valence-electron chi connectivity index (χ0n) is 11.8. The van der Waals surface area contributed by atoms with Gasteiger partial charge in [-0.05, 0) is 24.6 Å². The molecule has 0 aromatic heterocycles. The number of hydrogen-bond acceptors (Lipinski definition) is 3. The monoisotopic (exact) mass is 275 g/mol. The van der Waals surface area contributed by atoms with E-state index in [9.17, 15) is 4.79 Å². The minimum atomic E-state index is -0.0183. The molecule has 1 rings (SSSR count). The second kappa shape index (κ2) is 10.0. The molecular formula is C16H21NO3. The van der Waals surface area contributed by atoms with Crippen molar-refractivity contribution in [2.75, 3.05) is 19.8 Å². The van der Waals surface area contributed by atoms with E-state index < -0.39 is 0 Å². The first-order valence-electron chi connectivity index (χ1n) is 6.79. The van der Waals surface area contributed by atoms with Crippen molar-refractivity contribution in [2.24, 2.45) is 0 Å². The average Bonchev–Trinajstić information content (AvgIpc) is 2.46. The molecule has 0 unspecified atom stereocenters. The highest BCUT2D eigenvalue weighted by atomic mass is 16.5. The Kier molecular flexibility index (Phi) is 8.13. The van der Waals surface area contributed by atoms with Crippen molar-refractivity contribution in [1.82, 2.24) is 5.32 Å². The summed E-state index contributed by atoms with van der Waals surface area (Å²) in [5, 5.41) is 11.5. The lowest BCUT2D eigenvalue weighted by molar-refractivity contribution is -0.122. The van der Waals surface area contributed by atoms with Crippen LogP contribution in [0.2, 0.25) is 0 Å². The maximum atomic E-state index is 11.5. The number of ether oxygens (including phenoxy) is 1. The first-order valence-corrected chi connectivity index (χ1v) is 6.79. The Hall–Kier alpha value is -1.83. The number of rotatable bonds is 7. The summed E-state index contributed by atoms with van der Waals surface area (Å²) in [6.45, 7) is 3.54. The molecular weight excluding hydrogens is 254 g/mol. The van der Waals surface area contributed by atoms with Gasteiger partial charge in [-0.25, -0.2) is 0 Å². The van der Waals surface area contributed by atoms with Gasteiger partial charge < -0.3 is 15.2 Å². The van der Waals surface area contributed by atoms with E-state index >= 15 is 0 Å². The maximum Gasteiger partial charge on any atom is 0.222 e. The van der Waals surface area contributed by atoms with E-state index in [0.29, 0.717) is 32.6 Å². The van der Waals surface area contributed by atoms with Gasteiger partial charge in [0.2, 0.25) is 5.91 Å². The van der Waals surface area contributed by atoms with Gasteiger partial charge in [0.1, 0.15) is 0 Å². The smallest absolute Gasteiger partial charge is 0.222 e. The highest BCUT2D eigenvalue weighted by Crippen LogP contribution is 2.04. The number of amides is 1. The quantitative estimate of drug-likeness (QED) is 0.585. The second-order valence-corrected chi connectivity index (χ2v) is 4.20. The molecule has 0 aliphatic rings. The third kappa shape index (κ3) is 6.93. The van der Waals surface area contributed by atoms with Gasteiger partial charge in [-0.1, -0.05) is 24.0 Å². The van der Waals surface area contributed by atoms with Gasteiger partial charge >= 0.3 is 0 Å². The van der Waals surface area contributed by atoms with Crippen molar-refractivity contribution in [3.8, 4) is 11.8 Å². The van der Waals surface area contributed by atoms with Crippen LogP contribution >= 0.6 is 0 Å². The SMILES string of the molecule is CCOCCC(=O)NCc1cccc(C#CCCO)c1. The maximum absolute atomic E-state index is 11.5. The second-order valence-electron chi connectivity index (χ2n) is 4.20. The molecule has 0 bridgehead atoms. The largest absolute Gasteiger partial charge is 0.395 e. The average molecular weight is 275 g/mol. The predicted molar refractivity (Wildman–Crippen MR) is 78.0 cm³/mol. The summed E-state index contributed by atoms with van der Waals surface area (Å²) in [5.74, 6) is 5.83. The van der Waals surface area contributed by atoms with Crippen molar-refractivity contribution < 1.29 is 14.6 Å². The minimum Gasteiger partial charge on any atom is -0.395 e. The lowest BCUT2D eigenvalue weighted by Gasteiger charge is -2.06. The number of aliphatic hydroxyl groups excluding tert-OH is 1. The van der Waals surface area contributed by atoms with E-state index in [-0.39, 0.29) is 12.5 Å². The van der Waals surface area contributed by atoms with E-state index in [0.717, 1.165) is 11.1 Å². The normalized spacial score (nSPS) is 9.70. The van der Waals surface area contributed by atoms with Crippen LogP contribution in [0.25, 0.3) is 0 Å². The molecule has 4 heteroatoms. The molecule has 0 heterocycles. The molecule has 0 aliphatic carbocycles. The Labute approximate surface area is 120 Å². The first-order chi connectivity index (χ1) is 9.76. The molecule has 108 valence electrons. The van der Waals surface area contributed by atoms with Gasteiger partial charge in [-0.2, -0.15) is 0 Å².